The summed E-state index contributed by atoms with van der Waals surface area (Å²) < 4.78 is 44.1. The van der Waals surface area contributed by atoms with Gasteiger partial charge in [0.05, 0.1) is 0 Å². The van der Waals surface area contributed by atoms with Crippen LogP contribution in [0.3, 0.4) is 0 Å². The molecular weight excluding hydrogens is 499 g/mol. The van der Waals surface area contributed by atoms with E-state index in [-0.39, 0.29) is 23.1 Å². The first-order chi connectivity index (χ1) is 18.3. The normalized spacial score (nSPS) is 25.6. The minimum Gasteiger partial charge on any atom is -0.355 e. The Morgan fingerprint density at radius 1 is 1.00 bits per heavy atom. The Morgan fingerprint density at radius 3 is 2.39 bits per heavy atom. The number of hydrogen-bond acceptors (Lipinski definition) is 4. The summed E-state index contributed by atoms with van der Waals surface area (Å²) in [5.41, 5.74) is 5.30. The number of piperidine rings is 2. The molecule has 1 aliphatic carbocycles. The van der Waals surface area contributed by atoms with E-state index in [4.69, 9.17) is 5.41 Å². The van der Waals surface area contributed by atoms with E-state index in [1.807, 2.05) is 24.3 Å². The van der Waals surface area contributed by atoms with Crippen molar-refractivity contribution in [3.05, 3.63) is 94.8 Å². The highest BCUT2D eigenvalue weighted by Gasteiger charge is 2.71. The molecule has 2 saturated heterocycles. The molecule has 6 rings (SSSR count). The molecule has 3 aliphatic rings. The molecule has 0 aromatic heterocycles. The number of hydrogen-bond donors (Lipinski definition) is 2. The molecule has 1 saturated carbocycles. The maximum atomic E-state index is 13.6. The van der Waals surface area contributed by atoms with Crippen LogP contribution in [0.15, 0.2) is 66.7 Å². The molecule has 3 atom stereocenters. The summed E-state index contributed by atoms with van der Waals surface area (Å²) in [7, 11) is -3.52. The Kier molecular flexibility index (Phi) is 6.37. The molecule has 6 nitrogen and oxygen atoms in total. The van der Waals surface area contributed by atoms with Gasteiger partial charge in [0.2, 0.25) is 0 Å². The van der Waals surface area contributed by atoms with E-state index in [9.17, 15) is 12.8 Å². The molecule has 0 unspecified atom stereocenters. The van der Waals surface area contributed by atoms with Crippen molar-refractivity contribution in [3.8, 4) is 0 Å². The summed E-state index contributed by atoms with van der Waals surface area (Å²) in [4.78, 5) is 0. The summed E-state index contributed by atoms with van der Waals surface area (Å²) >= 11 is 0. The minimum absolute atomic E-state index is 0.178. The summed E-state index contributed by atoms with van der Waals surface area (Å²) in [6.45, 7) is 4.21. The van der Waals surface area contributed by atoms with E-state index in [1.54, 1.807) is 20.7 Å². The lowest BCUT2D eigenvalue weighted by atomic mass is 9.86. The van der Waals surface area contributed by atoms with Gasteiger partial charge in [-0.25, -0.2) is 4.39 Å². The number of nitrogens with one attached hydrogen (secondary N) is 2. The van der Waals surface area contributed by atoms with Crippen molar-refractivity contribution in [3.63, 3.8) is 0 Å². The summed E-state index contributed by atoms with van der Waals surface area (Å²) in [6, 6.07) is 20.6. The standard InChI is InChI=1S/C30H33FN4O2S/c1-21-16-28(33-25-12-10-24(31)11-13-25)23(18-32)17-26(21)30-20-35(38(36,37)34-14-6-3-7-15-34)19-27(30)29(30)22-8-4-2-5-9-22/h2,4-5,8-13,16-18,27,29,32-33H,3,6-7,14-15,19-20H2,1H3/t27-,29-,30+/m1/s1. The van der Waals surface area contributed by atoms with Crippen LogP contribution < -0.4 is 5.32 Å². The molecule has 2 heterocycles. The van der Waals surface area contributed by atoms with Crippen LogP contribution >= 0.6 is 0 Å². The molecular formula is C30H33FN4O2S. The third-order valence-corrected chi connectivity index (χ3v) is 10.6. The minimum atomic E-state index is -3.52. The largest absolute Gasteiger partial charge is 0.355 e. The van der Waals surface area contributed by atoms with Crippen LogP contribution in [0.2, 0.25) is 0 Å². The number of aryl methyl sites for hydroxylation is 1. The van der Waals surface area contributed by atoms with Crippen molar-refractivity contribution < 1.29 is 12.8 Å². The summed E-state index contributed by atoms with van der Waals surface area (Å²) in [6.07, 6.45) is 4.24. The van der Waals surface area contributed by atoms with E-state index in [2.05, 4.69) is 30.4 Å². The van der Waals surface area contributed by atoms with Crippen molar-refractivity contribution in [2.24, 2.45) is 5.92 Å². The molecule has 8 heteroatoms. The lowest BCUT2D eigenvalue weighted by Crippen LogP contribution is -2.46. The van der Waals surface area contributed by atoms with Gasteiger partial charge in [0.25, 0.3) is 10.2 Å². The number of anilines is 2. The molecule has 198 valence electrons. The van der Waals surface area contributed by atoms with Gasteiger partial charge in [-0.1, -0.05) is 36.8 Å². The second-order valence-electron chi connectivity index (χ2n) is 10.8. The zero-order valence-corrected chi connectivity index (χ0v) is 22.3. The molecule has 38 heavy (non-hydrogen) atoms. The van der Waals surface area contributed by atoms with Crippen LogP contribution in [0, 0.1) is 24.1 Å². The zero-order chi connectivity index (χ0) is 26.5. The highest BCUT2D eigenvalue weighted by atomic mass is 32.2. The van der Waals surface area contributed by atoms with Crippen molar-refractivity contribution in [1.82, 2.24) is 8.61 Å². The second kappa shape index (κ2) is 9.59. The van der Waals surface area contributed by atoms with Gasteiger partial charge in [0, 0.05) is 60.7 Å². The first kappa shape index (κ1) is 25.2. The molecule has 3 aromatic carbocycles. The van der Waals surface area contributed by atoms with E-state index in [0.29, 0.717) is 26.2 Å². The van der Waals surface area contributed by atoms with Crippen LogP contribution in [0.1, 0.15) is 47.4 Å². The van der Waals surface area contributed by atoms with Crippen LogP contribution in [0.25, 0.3) is 0 Å². The maximum absolute atomic E-state index is 13.6. The molecule has 0 spiro atoms. The number of nitrogens with zero attached hydrogens (tertiary/aromatic N) is 2. The zero-order valence-electron chi connectivity index (χ0n) is 21.5. The Balaban J connectivity index is 1.38. The summed E-state index contributed by atoms with van der Waals surface area (Å²) in [5.74, 6) is 0.104. The van der Waals surface area contributed by atoms with Gasteiger partial charge in [0.1, 0.15) is 5.82 Å². The molecule has 0 amide bonds. The maximum Gasteiger partial charge on any atom is 0.282 e. The van der Waals surface area contributed by atoms with E-state index in [1.165, 1.54) is 23.9 Å². The Hall–Kier alpha value is -3.07. The molecule has 2 N–H and O–H groups in total. The van der Waals surface area contributed by atoms with Crippen molar-refractivity contribution in [2.45, 2.75) is 37.5 Å². The number of fused-ring (bicyclic) bond motifs is 1. The monoisotopic (exact) mass is 532 g/mol. The second-order valence-corrected chi connectivity index (χ2v) is 12.8. The summed E-state index contributed by atoms with van der Waals surface area (Å²) in [5, 5.41) is 11.5. The van der Waals surface area contributed by atoms with Gasteiger partial charge < -0.3 is 10.7 Å². The van der Waals surface area contributed by atoms with Gasteiger partial charge in [-0.2, -0.15) is 17.0 Å². The average molecular weight is 533 g/mol. The Labute approximate surface area is 224 Å². The van der Waals surface area contributed by atoms with Crippen LogP contribution in [0.5, 0.6) is 0 Å². The van der Waals surface area contributed by atoms with E-state index in [0.717, 1.165) is 47.3 Å². The third kappa shape index (κ3) is 4.15. The van der Waals surface area contributed by atoms with E-state index < -0.39 is 10.2 Å². The molecule has 3 aromatic rings. The SMILES string of the molecule is Cc1cc(Nc2ccc(F)cc2)c(C=N)cc1[C@@]12CN(S(=O)(=O)N3CCCCC3)C[C@@H]1[C@H]2c1ccccc1. The lowest BCUT2D eigenvalue weighted by Gasteiger charge is -2.32. The van der Waals surface area contributed by atoms with Crippen LogP contribution in [-0.4, -0.2) is 49.4 Å². The van der Waals surface area contributed by atoms with Gasteiger partial charge in [0.15, 0.2) is 0 Å². The molecule has 0 bridgehead atoms. The average Bonchev–Trinajstić information content (AvgIpc) is 3.39. The predicted octanol–water partition coefficient (Wildman–Crippen LogP) is 5.57. The highest BCUT2D eigenvalue weighted by Crippen LogP contribution is 2.70. The number of halogens is 1. The Bertz CT molecular complexity index is 1460. The van der Waals surface area contributed by atoms with Crippen molar-refractivity contribution in [2.75, 3.05) is 31.5 Å². The third-order valence-electron chi connectivity index (χ3n) is 8.65. The van der Waals surface area contributed by atoms with E-state index >= 15 is 0 Å². The number of benzene rings is 3. The predicted molar refractivity (Wildman–Crippen MR) is 149 cm³/mol. The van der Waals surface area contributed by atoms with Crippen LogP contribution in [0.4, 0.5) is 15.8 Å². The van der Waals surface area contributed by atoms with Gasteiger partial charge in [-0.05, 0) is 78.8 Å². The van der Waals surface area contributed by atoms with Crippen molar-refractivity contribution >= 4 is 27.8 Å². The molecule has 0 radical (unpaired) electrons. The highest BCUT2D eigenvalue weighted by molar-refractivity contribution is 7.86. The van der Waals surface area contributed by atoms with Gasteiger partial charge in [-0.15, -0.1) is 0 Å². The molecule has 3 fully saturated rings. The fourth-order valence-corrected chi connectivity index (χ4v) is 8.57. The fraction of sp³-hybridized carbons (Fsp3) is 0.367. The quantitative estimate of drug-likeness (QED) is 0.391. The lowest BCUT2D eigenvalue weighted by molar-refractivity contribution is 0.306. The first-order valence-electron chi connectivity index (χ1n) is 13.3. The number of rotatable bonds is 7. The van der Waals surface area contributed by atoms with Crippen molar-refractivity contribution in [1.29, 1.82) is 5.41 Å². The molecule has 2 aliphatic heterocycles. The van der Waals surface area contributed by atoms with Crippen LogP contribution in [-0.2, 0) is 15.6 Å². The fourth-order valence-electron chi connectivity index (χ4n) is 6.80. The van der Waals surface area contributed by atoms with Gasteiger partial charge in [-0.3, -0.25) is 0 Å². The smallest absolute Gasteiger partial charge is 0.282 e. The Morgan fingerprint density at radius 2 is 1.71 bits per heavy atom. The topological polar surface area (TPSA) is 76.5 Å². The first-order valence-corrected chi connectivity index (χ1v) is 14.7. The van der Waals surface area contributed by atoms with Gasteiger partial charge >= 0.3 is 0 Å².